The van der Waals surface area contributed by atoms with E-state index in [1.165, 1.54) is 0 Å². The maximum absolute atomic E-state index is 12.0. The number of nitrogen functional groups attached to an aromatic ring is 1. The van der Waals surface area contributed by atoms with Crippen molar-refractivity contribution in [2.75, 3.05) is 24.3 Å². The number of anilines is 1. The first-order valence-electron chi connectivity index (χ1n) is 5.39. The molecule has 1 amide bonds. The van der Waals surface area contributed by atoms with Crippen molar-refractivity contribution < 1.29 is 4.79 Å². The Balaban J connectivity index is 2.06. The molecule has 4 heteroatoms. The summed E-state index contributed by atoms with van der Waals surface area (Å²) in [6, 6.07) is 5.60. The van der Waals surface area contributed by atoms with Crippen molar-refractivity contribution in [3.05, 3.63) is 29.3 Å². The van der Waals surface area contributed by atoms with Crippen molar-refractivity contribution in [3.8, 4) is 0 Å². The third-order valence-corrected chi connectivity index (χ3v) is 3.49. The molecule has 0 spiro atoms. The fourth-order valence-corrected chi connectivity index (χ4v) is 2.38. The van der Waals surface area contributed by atoms with Crippen LogP contribution >= 0.6 is 11.8 Å². The van der Waals surface area contributed by atoms with Crippen LogP contribution in [0.4, 0.5) is 5.69 Å². The molecule has 1 aliphatic heterocycles. The summed E-state index contributed by atoms with van der Waals surface area (Å²) in [4.78, 5) is 13.9. The summed E-state index contributed by atoms with van der Waals surface area (Å²) >= 11 is 1.81. The SMILES string of the molecule is CSCCCN1Cc2ccc(N)cc2C1=O. The Morgan fingerprint density at radius 2 is 2.31 bits per heavy atom. The van der Waals surface area contributed by atoms with E-state index >= 15 is 0 Å². The molecule has 1 heterocycles. The van der Waals surface area contributed by atoms with Gasteiger partial charge in [0.25, 0.3) is 5.91 Å². The van der Waals surface area contributed by atoms with E-state index in [1.54, 1.807) is 6.07 Å². The number of nitrogens with zero attached hydrogens (tertiary/aromatic N) is 1. The monoisotopic (exact) mass is 236 g/mol. The number of hydrogen-bond donors (Lipinski definition) is 1. The number of rotatable bonds is 4. The zero-order valence-electron chi connectivity index (χ0n) is 9.40. The summed E-state index contributed by atoms with van der Waals surface area (Å²) in [5.74, 6) is 1.23. The molecular weight excluding hydrogens is 220 g/mol. The fourth-order valence-electron chi connectivity index (χ4n) is 1.96. The van der Waals surface area contributed by atoms with Crippen LogP contribution < -0.4 is 5.73 Å². The minimum atomic E-state index is 0.128. The van der Waals surface area contributed by atoms with Gasteiger partial charge in [0.05, 0.1) is 0 Å². The number of benzene rings is 1. The van der Waals surface area contributed by atoms with Crippen molar-refractivity contribution >= 4 is 23.4 Å². The highest BCUT2D eigenvalue weighted by molar-refractivity contribution is 7.98. The lowest BCUT2D eigenvalue weighted by atomic mass is 10.1. The second-order valence-electron chi connectivity index (χ2n) is 3.99. The van der Waals surface area contributed by atoms with Crippen LogP contribution in [0.3, 0.4) is 0 Å². The molecule has 1 aromatic rings. The van der Waals surface area contributed by atoms with Crippen LogP contribution in [0.5, 0.6) is 0 Å². The molecule has 0 saturated heterocycles. The van der Waals surface area contributed by atoms with E-state index in [2.05, 4.69) is 6.26 Å². The highest BCUT2D eigenvalue weighted by Gasteiger charge is 2.26. The van der Waals surface area contributed by atoms with Gasteiger partial charge in [0.2, 0.25) is 0 Å². The van der Waals surface area contributed by atoms with E-state index in [1.807, 2.05) is 28.8 Å². The zero-order chi connectivity index (χ0) is 11.5. The van der Waals surface area contributed by atoms with Crippen molar-refractivity contribution in [2.45, 2.75) is 13.0 Å². The maximum atomic E-state index is 12.0. The van der Waals surface area contributed by atoms with Crippen molar-refractivity contribution in [1.29, 1.82) is 0 Å². The van der Waals surface area contributed by atoms with Crippen LogP contribution in [-0.2, 0) is 6.54 Å². The minimum Gasteiger partial charge on any atom is -0.399 e. The number of thioether (sulfide) groups is 1. The summed E-state index contributed by atoms with van der Waals surface area (Å²) < 4.78 is 0. The normalized spacial score (nSPS) is 14.3. The van der Waals surface area contributed by atoms with E-state index in [9.17, 15) is 4.79 Å². The molecule has 86 valence electrons. The van der Waals surface area contributed by atoms with E-state index < -0.39 is 0 Å². The van der Waals surface area contributed by atoms with Gasteiger partial charge in [-0.15, -0.1) is 0 Å². The molecule has 0 radical (unpaired) electrons. The summed E-state index contributed by atoms with van der Waals surface area (Å²) in [6.07, 6.45) is 3.14. The molecule has 0 fully saturated rings. The van der Waals surface area contributed by atoms with Gasteiger partial charge < -0.3 is 10.6 Å². The quantitative estimate of drug-likeness (QED) is 0.642. The van der Waals surface area contributed by atoms with E-state index in [4.69, 9.17) is 5.73 Å². The Morgan fingerprint density at radius 3 is 3.06 bits per heavy atom. The molecule has 1 aliphatic rings. The molecule has 1 aromatic carbocycles. The topological polar surface area (TPSA) is 46.3 Å². The first-order valence-corrected chi connectivity index (χ1v) is 6.78. The summed E-state index contributed by atoms with van der Waals surface area (Å²) in [5, 5.41) is 0. The average molecular weight is 236 g/mol. The lowest BCUT2D eigenvalue weighted by molar-refractivity contribution is 0.0779. The van der Waals surface area contributed by atoms with Crippen LogP contribution in [0.1, 0.15) is 22.3 Å². The Morgan fingerprint density at radius 1 is 1.50 bits per heavy atom. The first-order chi connectivity index (χ1) is 7.72. The highest BCUT2D eigenvalue weighted by Crippen LogP contribution is 2.24. The lowest BCUT2D eigenvalue weighted by Gasteiger charge is -2.14. The molecule has 0 aromatic heterocycles. The maximum Gasteiger partial charge on any atom is 0.254 e. The molecule has 0 unspecified atom stereocenters. The van der Waals surface area contributed by atoms with E-state index in [-0.39, 0.29) is 5.91 Å². The summed E-state index contributed by atoms with van der Waals surface area (Å²) in [5.41, 5.74) is 8.23. The lowest BCUT2D eigenvalue weighted by Crippen LogP contribution is -2.25. The molecule has 0 saturated carbocycles. The largest absolute Gasteiger partial charge is 0.399 e. The molecule has 2 N–H and O–H groups in total. The summed E-state index contributed by atoms with van der Waals surface area (Å²) in [7, 11) is 0. The van der Waals surface area contributed by atoms with Crippen LogP contribution in [0.15, 0.2) is 18.2 Å². The Labute approximate surface area is 100.0 Å². The van der Waals surface area contributed by atoms with E-state index in [0.717, 1.165) is 36.4 Å². The second kappa shape index (κ2) is 4.78. The van der Waals surface area contributed by atoms with Gasteiger partial charge in [0.1, 0.15) is 0 Å². The molecule has 0 bridgehead atoms. The van der Waals surface area contributed by atoms with Gasteiger partial charge in [-0.2, -0.15) is 11.8 Å². The number of hydrogen-bond acceptors (Lipinski definition) is 3. The van der Waals surface area contributed by atoms with Crippen LogP contribution in [-0.4, -0.2) is 29.4 Å². The number of fused-ring (bicyclic) bond motifs is 1. The van der Waals surface area contributed by atoms with Gasteiger partial charge in [-0.3, -0.25) is 4.79 Å². The Hall–Kier alpha value is -1.16. The summed E-state index contributed by atoms with van der Waals surface area (Å²) in [6.45, 7) is 1.58. The van der Waals surface area contributed by atoms with Gasteiger partial charge in [0, 0.05) is 24.3 Å². The molecule has 16 heavy (non-hydrogen) atoms. The molecule has 0 aliphatic carbocycles. The number of amides is 1. The standard InChI is InChI=1S/C12H16N2OS/c1-16-6-2-5-14-8-9-3-4-10(13)7-11(9)12(14)15/h3-4,7H,2,5-6,8,13H2,1H3. The number of carbonyl (C=O) groups excluding carboxylic acids is 1. The molecule has 3 nitrogen and oxygen atoms in total. The van der Waals surface area contributed by atoms with Crippen molar-refractivity contribution in [3.63, 3.8) is 0 Å². The van der Waals surface area contributed by atoms with Crippen LogP contribution in [0.2, 0.25) is 0 Å². The van der Waals surface area contributed by atoms with Crippen LogP contribution in [0, 0.1) is 0 Å². The van der Waals surface area contributed by atoms with Crippen molar-refractivity contribution in [1.82, 2.24) is 4.90 Å². The third kappa shape index (κ3) is 2.16. The highest BCUT2D eigenvalue weighted by atomic mass is 32.2. The third-order valence-electron chi connectivity index (χ3n) is 2.79. The van der Waals surface area contributed by atoms with Crippen molar-refractivity contribution in [2.24, 2.45) is 0 Å². The van der Waals surface area contributed by atoms with Gasteiger partial charge in [0.15, 0.2) is 0 Å². The fraction of sp³-hybridized carbons (Fsp3) is 0.417. The van der Waals surface area contributed by atoms with Gasteiger partial charge in [-0.25, -0.2) is 0 Å². The predicted molar refractivity (Wildman–Crippen MR) is 68.6 cm³/mol. The number of carbonyl (C=O) groups is 1. The van der Waals surface area contributed by atoms with E-state index in [0.29, 0.717) is 5.69 Å². The molecular formula is C12H16N2OS. The first kappa shape index (κ1) is 11.3. The van der Waals surface area contributed by atoms with Gasteiger partial charge in [-0.1, -0.05) is 6.07 Å². The number of nitrogens with two attached hydrogens (primary N) is 1. The second-order valence-corrected chi connectivity index (χ2v) is 4.98. The van der Waals surface area contributed by atoms with Crippen LogP contribution in [0.25, 0.3) is 0 Å². The zero-order valence-corrected chi connectivity index (χ0v) is 10.2. The predicted octanol–water partition coefficient (Wildman–Crippen LogP) is 1.98. The Kier molecular flexibility index (Phi) is 3.39. The Bertz CT molecular complexity index is 406. The molecule has 2 rings (SSSR count). The average Bonchev–Trinajstić information content (AvgIpc) is 2.57. The molecule has 0 atom stereocenters. The van der Waals surface area contributed by atoms with Gasteiger partial charge in [-0.05, 0) is 36.1 Å². The smallest absolute Gasteiger partial charge is 0.254 e. The minimum absolute atomic E-state index is 0.128. The van der Waals surface area contributed by atoms with Gasteiger partial charge >= 0.3 is 0 Å².